The molecule has 6 heteroatoms. The van der Waals surface area contributed by atoms with Crippen molar-refractivity contribution in [2.45, 2.75) is 0 Å². The van der Waals surface area contributed by atoms with E-state index < -0.39 is 5.97 Å². The molecule has 0 aliphatic heterocycles. The number of carboxylic acid groups (broad SMARTS) is 1. The number of pyridine rings is 1. The number of ether oxygens (including phenoxy) is 1. The first kappa shape index (κ1) is 9.60. The summed E-state index contributed by atoms with van der Waals surface area (Å²) in [5.41, 5.74) is 5.35. The van der Waals surface area contributed by atoms with Crippen molar-refractivity contribution in [3.05, 3.63) is 16.8 Å². The first-order valence-corrected chi connectivity index (χ1v) is 3.67. The number of hydrogen-bond donors (Lipinski definition) is 2. The van der Waals surface area contributed by atoms with Crippen LogP contribution in [0.4, 0.5) is 5.69 Å². The number of methoxy groups -OCH3 is 1. The number of aromatic nitrogens is 1. The van der Waals surface area contributed by atoms with Gasteiger partial charge in [-0.1, -0.05) is 11.6 Å². The van der Waals surface area contributed by atoms with Crippen LogP contribution in [0.3, 0.4) is 0 Å². The Kier molecular flexibility index (Phi) is 2.57. The minimum absolute atomic E-state index is 0.0130. The molecule has 13 heavy (non-hydrogen) atoms. The highest BCUT2D eigenvalue weighted by atomic mass is 35.5. The van der Waals surface area contributed by atoms with Crippen molar-refractivity contribution in [3.8, 4) is 5.88 Å². The zero-order valence-corrected chi connectivity index (χ0v) is 7.50. The van der Waals surface area contributed by atoms with Crippen LogP contribution in [0.1, 0.15) is 10.5 Å². The fourth-order valence-electron chi connectivity index (χ4n) is 0.770. The summed E-state index contributed by atoms with van der Waals surface area (Å²) in [6.07, 6.45) is 0. The molecule has 1 aromatic rings. The third-order valence-electron chi connectivity index (χ3n) is 1.37. The molecular weight excluding hydrogens is 196 g/mol. The summed E-state index contributed by atoms with van der Waals surface area (Å²) in [5.74, 6) is -1.17. The number of nitrogens with two attached hydrogens (primary N) is 1. The smallest absolute Gasteiger partial charge is 0.354 e. The van der Waals surface area contributed by atoms with Crippen molar-refractivity contribution < 1.29 is 14.6 Å². The Morgan fingerprint density at radius 3 is 2.85 bits per heavy atom. The van der Waals surface area contributed by atoms with Crippen molar-refractivity contribution in [1.82, 2.24) is 4.98 Å². The first-order chi connectivity index (χ1) is 6.06. The van der Waals surface area contributed by atoms with Crippen LogP contribution in [0.25, 0.3) is 0 Å². The Hall–Kier alpha value is -1.49. The van der Waals surface area contributed by atoms with Crippen LogP contribution in [-0.2, 0) is 0 Å². The predicted molar refractivity (Wildman–Crippen MR) is 47.2 cm³/mol. The van der Waals surface area contributed by atoms with E-state index in [1.807, 2.05) is 0 Å². The lowest BCUT2D eigenvalue weighted by atomic mass is 10.3. The Morgan fingerprint density at radius 2 is 2.38 bits per heavy atom. The first-order valence-electron chi connectivity index (χ1n) is 3.29. The van der Waals surface area contributed by atoms with Crippen LogP contribution < -0.4 is 10.5 Å². The van der Waals surface area contributed by atoms with Crippen LogP contribution in [0.15, 0.2) is 6.07 Å². The summed E-state index contributed by atoms with van der Waals surface area (Å²) in [6.45, 7) is 0. The SMILES string of the molecule is COc1nc(C(=O)O)cc(N)c1Cl. The monoisotopic (exact) mass is 202 g/mol. The summed E-state index contributed by atoms with van der Waals surface area (Å²) in [6, 6.07) is 1.17. The third-order valence-corrected chi connectivity index (χ3v) is 1.75. The molecular formula is C7H7ClN2O3. The second kappa shape index (κ2) is 3.49. The van der Waals surface area contributed by atoms with Crippen molar-refractivity contribution in [3.63, 3.8) is 0 Å². The Labute approximate surface area is 79.1 Å². The van der Waals surface area contributed by atoms with Crippen molar-refractivity contribution >= 4 is 23.3 Å². The molecule has 1 heterocycles. The van der Waals surface area contributed by atoms with Gasteiger partial charge >= 0.3 is 5.97 Å². The standard InChI is InChI=1S/C7H7ClN2O3/c1-13-6-5(8)3(9)2-4(10-6)7(11)12/h2H,1H3,(H2,9,10)(H,11,12). The number of hydrogen-bond acceptors (Lipinski definition) is 4. The maximum absolute atomic E-state index is 10.5. The van der Waals surface area contributed by atoms with E-state index in [0.717, 1.165) is 0 Å². The molecule has 0 spiro atoms. The molecule has 0 fully saturated rings. The normalized spacial score (nSPS) is 9.69. The largest absolute Gasteiger partial charge is 0.480 e. The molecule has 5 nitrogen and oxygen atoms in total. The van der Waals surface area contributed by atoms with Crippen LogP contribution in [0.2, 0.25) is 5.02 Å². The second-order valence-electron chi connectivity index (χ2n) is 2.23. The van der Waals surface area contributed by atoms with E-state index in [-0.39, 0.29) is 22.3 Å². The van der Waals surface area contributed by atoms with Gasteiger partial charge in [0.15, 0.2) is 5.69 Å². The minimum atomic E-state index is -1.18. The molecule has 0 aliphatic carbocycles. The van der Waals surface area contributed by atoms with Crippen LogP contribution in [0.5, 0.6) is 5.88 Å². The summed E-state index contributed by atoms with van der Waals surface area (Å²) in [4.78, 5) is 14.1. The van der Waals surface area contributed by atoms with Gasteiger partial charge in [0, 0.05) is 0 Å². The van der Waals surface area contributed by atoms with Gasteiger partial charge in [-0.05, 0) is 6.07 Å². The quantitative estimate of drug-likeness (QED) is 0.748. The van der Waals surface area contributed by atoms with Crippen LogP contribution in [0, 0.1) is 0 Å². The van der Waals surface area contributed by atoms with E-state index >= 15 is 0 Å². The third kappa shape index (κ3) is 1.81. The van der Waals surface area contributed by atoms with E-state index in [1.54, 1.807) is 0 Å². The van der Waals surface area contributed by atoms with Crippen LogP contribution >= 0.6 is 11.6 Å². The summed E-state index contributed by atoms with van der Waals surface area (Å²) < 4.78 is 4.73. The lowest BCUT2D eigenvalue weighted by Crippen LogP contribution is -2.04. The zero-order chi connectivity index (χ0) is 10.0. The molecule has 0 bridgehead atoms. The number of carboxylic acids is 1. The lowest BCUT2D eigenvalue weighted by molar-refractivity contribution is 0.0689. The maximum Gasteiger partial charge on any atom is 0.354 e. The minimum Gasteiger partial charge on any atom is -0.480 e. The van der Waals surface area contributed by atoms with Gasteiger partial charge in [0.25, 0.3) is 0 Å². The second-order valence-corrected chi connectivity index (χ2v) is 2.60. The molecule has 0 amide bonds. The number of carbonyl (C=O) groups is 1. The van der Waals surface area contributed by atoms with Gasteiger partial charge in [0.05, 0.1) is 12.8 Å². The molecule has 0 saturated heterocycles. The van der Waals surface area contributed by atoms with E-state index in [2.05, 4.69) is 4.98 Å². The number of nitrogens with zero attached hydrogens (tertiary/aromatic N) is 1. The number of nitrogen functional groups attached to an aromatic ring is 1. The highest BCUT2D eigenvalue weighted by Gasteiger charge is 2.12. The van der Waals surface area contributed by atoms with Crippen molar-refractivity contribution in [1.29, 1.82) is 0 Å². The Morgan fingerprint density at radius 1 is 1.77 bits per heavy atom. The highest BCUT2D eigenvalue weighted by Crippen LogP contribution is 2.28. The van der Waals surface area contributed by atoms with E-state index in [1.165, 1.54) is 13.2 Å². The Balaban J connectivity index is 3.30. The molecule has 0 saturated carbocycles. The van der Waals surface area contributed by atoms with Gasteiger partial charge in [0.2, 0.25) is 5.88 Å². The number of rotatable bonds is 2. The fraction of sp³-hybridized carbons (Fsp3) is 0.143. The van der Waals surface area contributed by atoms with E-state index in [0.29, 0.717) is 0 Å². The molecule has 3 N–H and O–H groups in total. The van der Waals surface area contributed by atoms with E-state index in [4.69, 9.17) is 27.2 Å². The van der Waals surface area contributed by atoms with Gasteiger partial charge < -0.3 is 15.6 Å². The van der Waals surface area contributed by atoms with Gasteiger partial charge in [-0.15, -0.1) is 0 Å². The van der Waals surface area contributed by atoms with Crippen molar-refractivity contribution in [2.24, 2.45) is 0 Å². The Bertz CT molecular complexity index is 354. The van der Waals surface area contributed by atoms with Gasteiger partial charge in [-0.25, -0.2) is 9.78 Å². The summed E-state index contributed by atoms with van der Waals surface area (Å²) >= 11 is 5.66. The van der Waals surface area contributed by atoms with Gasteiger partial charge in [0.1, 0.15) is 5.02 Å². The molecule has 0 radical (unpaired) electrons. The van der Waals surface area contributed by atoms with Crippen molar-refractivity contribution in [2.75, 3.05) is 12.8 Å². The summed E-state index contributed by atoms with van der Waals surface area (Å²) in [7, 11) is 1.33. The molecule has 0 aromatic carbocycles. The number of halogens is 1. The van der Waals surface area contributed by atoms with Gasteiger partial charge in [-0.3, -0.25) is 0 Å². The molecule has 0 unspecified atom stereocenters. The van der Waals surface area contributed by atoms with E-state index in [9.17, 15) is 4.79 Å². The maximum atomic E-state index is 10.5. The molecule has 0 atom stereocenters. The fourth-order valence-corrected chi connectivity index (χ4v) is 0.944. The van der Waals surface area contributed by atoms with Crippen LogP contribution in [-0.4, -0.2) is 23.2 Å². The zero-order valence-electron chi connectivity index (χ0n) is 6.74. The average Bonchev–Trinajstić information content (AvgIpc) is 2.09. The average molecular weight is 203 g/mol. The molecule has 0 aliphatic rings. The summed E-state index contributed by atoms with van der Waals surface area (Å²) in [5, 5.41) is 8.72. The molecule has 70 valence electrons. The highest BCUT2D eigenvalue weighted by molar-refractivity contribution is 6.34. The van der Waals surface area contributed by atoms with Gasteiger partial charge in [-0.2, -0.15) is 0 Å². The molecule has 1 rings (SSSR count). The predicted octanol–water partition coefficient (Wildman–Crippen LogP) is 1.02. The molecule has 1 aromatic heterocycles. The lowest BCUT2D eigenvalue weighted by Gasteiger charge is -2.05. The number of aromatic carboxylic acids is 1. The topological polar surface area (TPSA) is 85.4 Å². The number of anilines is 1.